The Hall–Kier alpha value is -2.43. The number of aldehydes is 1. The van der Waals surface area contributed by atoms with Gasteiger partial charge in [0.1, 0.15) is 5.76 Å². The summed E-state index contributed by atoms with van der Waals surface area (Å²) in [7, 11) is 0. The fourth-order valence-corrected chi connectivity index (χ4v) is 4.38. The van der Waals surface area contributed by atoms with Gasteiger partial charge in [0, 0.05) is 11.1 Å². The highest BCUT2D eigenvalue weighted by atomic mass is 16.5. The third-order valence-corrected chi connectivity index (χ3v) is 5.91. The van der Waals surface area contributed by atoms with Crippen molar-refractivity contribution in [2.24, 2.45) is 5.41 Å². The van der Waals surface area contributed by atoms with Crippen LogP contribution < -0.4 is 5.32 Å². The second-order valence-electron chi connectivity index (χ2n) is 9.30. The molecule has 1 amide bonds. The van der Waals surface area contributed by atoms with Gasteiger partial charge in [-0.3, -0.25) is 14.4 Å². The van der Waals surface area contributed by atoms with Crippen molar-refractivity contribution in [3.05, 3.63) is 40.1 Å². The Morgan fingerprint density at radius 3 is 2.41 bits per heavy atom. The molecule has 1 fully saturated rings. The molecule has 0 unspecified atom stereocenters. The molecule has 1 heterocycles. The van der Waals surface area contributed by atoms with E-state index >= 15 is 0 Å². The van der Waals surface area contributed by atoms with Crippen molar-refractivity contribution in [3.63, 3.8) is 0 Å². The lowest BCUT2D eigenvalue weighted by molar-refractivity contribution is -0.149. The normalized spacial score (nSPS) is 18.7. The zero-order chi connectivity index (χ0) is 21.4. The fourth-order valence-electron chi connectivity index (χ4n) is 4.38. The van der Waals surface area contributed by atoms with Crippen LogP contribution in [-0.2, 0) is 20.7 Å². The van der Waals surface area contributed by atoms with Crippen LogP contribution >= 0.6 is 0 Å². The number of hydrogen-bond donors (Lipinski definition) is 1. The van der Waals surface area contributed by atoms with Gasteiger partial charge >= 0.3 is 5.97 Å². The Kier molecular flexibility index (Phi) is 5.70. The van der Waals surface area contributed by atoms with E-state index in [1.807, 2.05) is 19.9 Å². The van der Waals surface area contributed by atoms with Crippen LogP contribution in [0.4, 0.5) is 0 Å². The lowest BCUT2D eigenvalue weighted by Crippen LogP contribution is -2.47. The minimum absolute atomic E-state index is 0.259. The minimum Gasteiger partial charge on any atom is -0.427 e. The molecular formula is C24H31NO4. The molecule has 0 bridgehead atoms. The molecule has 5 heteroatoms. The molecule has 1 aliphatic carbocycles. The molecule has 0 aromatic heterocycles. The molecule has 3 rings (SSSR count). The van der Waals surface area contributed by atoms with E-state index in [2.05, 4.69) is 5.32 Å². The Morgan fingerprint density at radius 1 is 1.21 bits per heavy atom. The summed E-state index contributed by atoms with van der Waals surface area (Å²) in [4.78, 5) is 38.0. The summed E-state index contributed by atoms with van der Waals surface area (Å²) in [5.41, 5.74) is 1.93. The number of esters is 1. The lowest BCUT2D eigenvalue weighted by atomic mass is 9.79. The molecule has 29 heavy (non-hydrogen) atoms. The molecule has 1 saturated carbocycles. The highest BCUT2D eigenvalue weighted by Crippen LogP contribution is 2.45. The quantitative estimate of drug-likeness (QED) is 0.600. The number of ether oxygens (including phenoxy) is 1. The van der Waals surface area contributed by atoms with Crippen molar-refractivity contribution in [1.29, 1.82) is 0 Å². The summed E-state index contributed by atoms with van der Waals surface area (Å²) in [6.07, 6.45) is 5.94. The smallest absolute Gasteiger partial charge is 0.316 e. The third-order valence-electron chi connectivity index (χ3n) is 5.91. The van der Waals surface area contributed by atoms with E-state index in [9.17, 15) is 14.4 Å². The summed E-state index contributed by atoms with van der Waals surface area (Å²) in [5, 5.41) is 3.14. The maximum Gasteiger partial charge on any atom is 0.316 e. The van der Waals surface area contributed by atoms with Crippen molar-refractivity contribution in [1.82, 2.24) is 5.32 Å². The van der Waals surface area contributed by atoms with Crippen LogP contribution in [0.3, 0.4) is 0 Å². The first-order valence-corrected chi connectivity index (χ1v) is 10.5. The molecule has 1 N–H and O–H groups in total. The Bertz CT molecular complexity index is 883. The van der Waals surface area contributed by atoms with Crippen molar-refractivity contribution >= 4 is 23.7 Å². The average molecular weight is 398 g/mol. The molecule has 0 radical (unpaired) electrons. The van der Waals surface area contributed by atoms with Crippen molar-refractivity contribution in [3.8, 4) is 0 Å². The average Bonchev–Trinajstić information content (AvgIpc) is 2.91. The summed E-state index contributed by atoms with van der Waals surface area (Å²) in [6.45, 7) is 9.33. The van der Waals surface area contributed by atoms with Crippen LogP contribution in [-0.4, -0.2) is 23.7 Å². The van der Waals surface area contributed by atoms with Crippen LogP contribution in [0, 0.1) is 12.3 Å². The van der Waals surface area contributed by atoms with E-state index in [0.717, 1.165) is 49.5 Å². The number of nitrogens with one attached hydrogen (secondary N) is 1. The third kappa shape index (κ3) is 3.87. The van der Waals surface area contributed by atoms with Crippen LogP contribution in [0.5, 0.6) is 0 Å². The monoisotopic (exact) mass is 397 g/mol. The highest BCUT2D eigenvalue weighted by Gasteiger charge is 2.49. The molecule has 0 saturated heterocycles. The Labute approximate surface area is 172 Å². The van der Waals surface area contributed by atoms with Gasteiger partial charge in [-0.1, -0.05) is 37.8 Å². The summed E-state index contributed by atoms with van der Waals surface area (Å²) in [6, 6.07) is 3.79. The molecule has 1 aromatic carbocycles. The Morgan fingerprint density at radius 2 is 1.86 bits per heavy atom. The topological polar surface area (TPSA) is 72.5 Å². The maximum atomic E-state index is 13.2. The van der Waals surface area contributed by atoms with Crippen LogP contribution in [0.15, 0.2) is 17.9 Å². The first-order chi connectivity index (χ1) is 13.6. The van der Waals surface area contributed by atoms with Gasteiger partial charge in [-0.25, -0.2) is 0 Å². The van der Waals surface area contributed by atoms with Gasteiger partial charge in [0.25, 0.3) is 5.91 Å². The molecule has 0 atom stereocenters. The summed E-state index contributed by atoms with van der Waals surface area (Å²) in [5.74, 6) is -0.224. The van der Waals surface area contributed by atoms with E-state index in [1.165, 1.54) is 0 Å². The van der Waals surface area contributed by atoms with Gasteiger partial charge in [-0.2, -0.15) is 0 Å². The Balaban J connectivity index is 2.28. The lowest BCUT2D eigenvalue weighted by Gasteiger charge is -2.35. The second kappa shape index (κ2) is 7.77. The number of hydrogen-bond acceptors (Lipinski definition) is 4. The van der Waals surface area contributed by atoms with E-state index in [0.29, 0.717) is 28.9 Å². The molecular weight excluding hydrogens is 366 g/mol. The minimum atomic E-state index is -0.700. The molecule has 2 aliphatic rings. The van der Waals surface area contributed by atoms with E-state index in [4.69, 9.17) is 4.74 Å². The maximum absolute atomic E-state index is 13.2. The molecule has 156 valence electrons. The zero-order valence-corrected chi connectivity index (χ0v) is 18.1. The fraction of sp³-hybridized carbons (Fsp3) is 0.542. The SMILES string of the molecule is CCc1cc(C)cc(C=O)c1C1=C(OC(=O)C(C)(C)C)C2(CCCCC2)NC1=O. The molecule has 5 nitrogen and oxygen atoms in total. The van der Waals surface area contributed by atoms with Gasteiger partial charge in [-0.15, -0.1) is 0 Å². The van der Waals surface area contributed by atoms with Gasteiger partial charge in [0.05, 0.1) is 16.5 Å². The standard InChI is InChI=1S/C24H31NO4/c1-6-16-12-15(2)13-17(14-26)18(16)19-20(29-22(28)23(3,4)5)24(25-21(19)27)10-8-7-9-11-24/h12-14H,6-11H2,1-5H3,(H,25,27). The molecule has 1 aromatic rings. The highest BCUT2D eigenvalue weighted by molar-refractivity contribution is 6.25. The number of rotatable bonds is 4. The van der Waals surface area contributed by atoms with Crippen molar-refractivity contribution < 1.29 is 19.1 Å². The van der Waals surface area contributed by atoms with Gasteiger partial charge in [0.15, 0.2) is 6.29 Å². The first-order valence-electron chi connectivity index (χ1n) is 10.5. The van der Waals surface area contributed by atoms with Gasteiger partial charge < -0.3 is 10.1 Å². The van der Waals surface area contributed by atoms with Gasteiger partial charge in [0.2, 0.25) is 0 Å². The predicted octanol–water partition coefficient (Wildman–Crippen LogP) is 4.50. The first kappa shape index (κ1) is 21.3. The predicted molar refractivity (Wildman–Crippen MR) is 112 cm³/mol. The number of benzene rings is 1. The number of amides is 1. The molecule has 1 spiro atoms. The number of aryl methyl sites for hydroxylation is 2. The second-order valence-corrected chi connectivity index (χ2v) is 9.30. The van der Waals surface area contributed by atoms with E-state index in [1.54, 1.807) is 26.8 Å². The zero-order valence-electron chi connectivity index (χ0n) is 18.1. The van der Waals surface area contributed by atoms with Crippen LogP contribution in [0.25, 0.3) is 5.57 Å². The van der Waals surface area contributed by atoms with Crippen molar-refractivity contribution in [2.75, 3.05) is 0 Å². The van der Waals surface area contributed by atoms with E-state index in [-0.39, 0.29) is 11.9 Å². The van der Waals surface area contributed by atoms with E-state index < -0.39 is 11.0 Å². The van der Waals surface area contributed by atoms with Crippen LogP contribution in [0.2, 0.25) is 0 Å². The largest absolute Gasteiger partial charge is 0.427 e. The van der Waals surface area contributed by atoms with Gasteiger partial charge in [-0.05, 0) is 58.6 Å². The molecule has 1 aliphatic heterocycles. The summed E-state index contributed by atoms with van der Waals surface area (Å²) < 4.78 is 5.98. The number of carbonyl (C=O) groups excluding carboxylic acids is 3. The number of carbonyl (C=O) groups is 3. The summed E-state index contributed by atoms with van der Waals surface area (Å²) >= 11 is 0. The van der Waals surface area contributed by atoms with Crippen LogP contribution in [0.1, 0.15) is 86.8 Å². The van der Waals surface area contributed by atoms with Crippen molar-refractivity contribution in [2.45, 2.75) is 78.7 Å².